The number of nitrogens with zero attached hydrogens (tertiary/aromatic N) is 2. The highest BCUT2D eigenvalue weighted by atomic mass is 35.5. The Kier molecular flexibility index (Phi) is 4.52. The van der Waals surface area contributed by atoms with Gasteiger partial charge in [-0.25, -0.2) is 0 Å². The molecule has 0 amide bonds. The van der Waals surface area contributed by atoms with E-state index < -0.39 is 0 Å². The summed E-state index contributed by atoms with van der Waals surface area (Å²) in [6.45, 7) is 1.30. The normalized spacial score (nSPS) is 11.2. The lowest BCUT2D eigenvalue weighted by Gasteiger charge is -2.05. The lowest BCUT2D eigenvalue weighted by molar-refractivity contribution is 0.518. The Balaban J connectivity index is 1.95. The maximum atomic E-state index is 6.47. The van der Waals surface area contributed by atoms with Gasteiger partial charge in [-0.15, -0.1) is 0 Å². The lowest BCUT2D eigenvalue weighted by Crippen LogP contribution is -2.10. The first-order valence-electron chi connectivity index (χ1n) is 6.83. The average molecular weight is 340 g/mol. The number of H-pyrrole nitrogens is 1. The standard InChI is InChI=1S/C14H15Cl2N5O/c1-17-5-4-9-11(15)10-12(18-7-8-3-2-6-22-8)20-14(16)21-13(10)19-9/h2-3,6,17H,4-5,7H2,1H3,(H2,18,19,20,21). The average Bonchev–Trinajstić information content (AvgIpc) is 3.11. The summed E-state index contributed by atoms with van der Waals surface area (Å²) < 4.78 is 5.30. The van der Waals surface area contributed by atoms with Crippen molar-refractivity contribution in [1.29, 1.82) is 0 Å². The molecule has 3 aromatic heterocycles. The van der Waals surface area contributed by atoms with Crippen molar-refractivity contribution >= 4 is 40.1 Å². The van der Waals surface area contributed by atoms with Crippen LogP contribution in [0.3, 0.4) is 0 Å². The van der Waals surface area contributed by atoms with Gasteiger partial charge >= 0.3 is 0 Å². The molecule has 3 heterocycles. The zero-order valence-electron chi connectivity index (χ0n) is 11.9. The van der Waals surface area contributed by atoms with Gasteiger partial charge in [0, 0.05) is 18.7 Å². The Morgan fingerprint density at radius 3 is 2.91 bits per heavy atom. The second-order valence-electron chi connectivity index (χ2n) is 4.77. The second kappa shape index (κ2) is 6.56. The number of hydrogen-bond donors (Lipinski definition) is 3. The number of fused-ring (bicyclic) bond motifs is 1. The van der Waals surface area contributed by atoms with Gasteiger partial charge in [-0.3, -0.25) is 0 Å². The van der Waals surface area contributed by atoms with Gasteiger partial charge in [0.2, 0.25) is 5.28 Å². The van der Waals surface area contributed by atoms with Crippen LogP contribution in [0.15, 0.2) is 22.8 Å². The van der Waals surface area contributed by atoms with E-state index in [4.69, 9.17) is 27.6 Å². The van der Waals surface area contributed by atoms with E-state index in [2.05, 4.69) is 25.6 Å². The van der Waals surface area contributed by atoms with Crippen molar-refractivity contribution in [3.05, 3.63) is 40.2 Å². The fourth-order valence-corrected chi connectivity index (χ4v) is 2.70. The summed E-state index contributed by atoms with van der Waals surface area (Å²) >= 11 is 12.5. The fourth-order valence-electron chi connectivity index (χ4n) is 2.21. The number of furan rings is 1. The number of anilines is 1. The van der Waals surface area contributed by atoms with Gasteiger partial charge in [-0.2, -0.15) is 9.97 Å². The molecule has 0 saturated heterocycles. The molecule has 0 unspecified atom stereocenters. The highest BCUT2D eigenvalue weighted by molar-refractivity contribution is 6.37. The highest BCUT2D eigenvalue weighted by Crippen LogP contribution is 2.32. The summed E-state index contributed by atoms with van der Waals surface area (Å²) in [5.41, 5.74) is 1.53. The molecule has 0 fully saturated rings. The molecule has 0 aromatic carbocycles. The third kappa shape index (κ3) is 3.04. The van der Waals surface area contributed by atoms with E-state index in [0.29, 0.717) is 23.0 Å². The first kappa shape index (κ1) is 15.1. The zero-order chi connectivity index (χ0) is 15.5. The Hall–Kier alpha value is -1.76. The van der Waals surface area contributed by atoms with Crippen LogP contribution in [0, 0.1) is 0 Å². The van der Waals surface area contributed by atoms with Gasteiger partial charge in [0.25, 0.3) is 0 Å². The van der Waals surface area contributed by atoms with E-state index in [9.17, 15) is 0 Å². The van der Waals surface area contributed by atoms with Crippen molar-refractivity contribution in [3.63, 3.8) is 0 Å². The zero-order valence-corrected chi connectivity index (χ0v) is 13.4. The number of aromatic amines is 1. The van der Waals surface area contributed by atoms with Crippen LogP contribution in [0.2, 0.25) is 10.3 Å². The van der Waals surface area contributed by atoms with Crippen LogP contribution < -0.4 is 10.6 Å². The molecule has 8 heteroatoms. The summed E-state index contributed by atoms with van der Waals surface area (Å²) in [6.07, 6.45) is 2.39. The molecule has 0 aliphatic carbocycles. The minimum Gasteiger partial charge on any atom is -0.467 e. The van der Waals surface area contributed by atoms with Gasteiger partial charge < -0.3 is 20.0 Å². The van der Waals surface area contributed by atoms with E-state index in [1.807, 2.05) is 19.2 Å². The Morgan fingerprint density at radius 2 is 2.18 bits per heavy atom. The quantitative estimate of drug-likeness (QED) is 0.601. The fraction of sp³-hybridized carbons (Fsp3) is 0.286. The number of likely N-dealkylation sites (N-methyl/N-ethyl adjacent to an activating group) is 1. The SMILES string of the molecule is CNCCc1[nH]c2nc(Cl)nc(NCc3ccco3)c2c1Cl. The van der Waals surface area contributed by atoms with Crippen molar-refractivity contribution < 1.29 is 4.42 Å². The molecule has 6 nitrogen and oxygen atoms in total. The molecule has 116 valence electrons. The predicted molar refractivity (Wildman–Crippen MR) is 87.6 cm³/mol. The number of aromatic nitrogens is 3. The summed E-state index contributed by atoms with van der Waals surface area (Å²) in [5.74, 6) is 1.38. The monoisotopic (exact) mass is 339 g/mol. The molecule has 0 atom stereocenters. The smallest absolute Gasteiger partial charge is 0.226 e. The highest BCUT2D eigenvalue weighted by Gasteiger charge is 2.16. The van der Waals surface area contributed by atoms with E-state index in [1.54, 1.807) is 6.26 Å². The third-order valence-electron chi connectivity index (χ3n) is 3.27. The van der Waals surface area contributed by atoms with Gasteiger partial charge in [0.1, 0.15) is 17.2 Å². The van der Waals surface area contributed by atoms with Crippen molar-refractivity contribution in [2.45, 2.75) is 13.0 Å². The topological polar surface area (TPSA) is 78.8 Å². The molecule has 0 aliphatic rings. The third-order valence-corrected chi connectivity index (χ3v) is 3.86. The number of halogens is 2. The first-order valence-corrected chi connectivity index (χ1v) is 7.59. The number of hydrogen-bond acceptors (Lipinski definition) is 5. The van der Waals surface area contributed by atoms with Crippen LogP contribution in [0.25, 0.3) is 11.0 Å². The van der Waals surface area contributed by atoms with Gasteiger partial charge in [-0.1, -0.05) is 11.6 Å². The van der Waals surface area contributed by atoms with Crippen molar-refractivity contribution in [1.82, 2.24) is 20.3 Å². The van der Waals surface area contributed by atoms with Crippen LogP contribution in [-0.4, -0.2) is 28.5 Å². The van der Waals surface area contributed by atoms with Gasteiger partial charge in [0.15, 0.2) is 0 Å². The Morgan fingerprint density at radius 1 is 1.32 bits per heavy atom. The van der Waals surface area contributed by atoms with E-state index in [0.717, 1.165) is 29.8 Å². The summed E-state index contributed by atoms with van der Waals surface area (Å²) in [4.78, 5) is 11.6. The molecule has 0 bridgehead atoms. The molecule has 0 aliphatic heterocycles. The van der Waals surface area contributed by atoms with Gasteiger partial charge in [0.05, 0.1) is 23.2 Å². The summed E-state index contributed by atoms with van der Waals surface area (Å²) in [5, 5.41) is 7.79. The van der Waals surface area contributed by atoms with Crippen LogP contribution in [0.4, 0.5) is 5.82 Å². The molecule has 3 aromatic rings. The van der Waals surface area contributed by atoms with Gasteiger partial charge in [-0.05, 0) is 30.8 Å². The van der Waals surface area contributed by atoms with Crippen LogP contribution >= 0.6 is 23.2 Å². The molecule has 3 N–H and O–H groups in total. The van der Waals surface area contributed by atoms with Crippen molar-refractivity contribution in [3.8, 4) is 0 Å². The van der Waals surface area contributed by atoms with Crippen LogP contribution in [0.1, 0.15) is 11.5 Å². The van der Waals surface area contributed by atoms with E-state index in [1.165, 1.54) is 0 Å². The largest absolute Gasteiger partial charge is 0.467 e. The first-order chi connectivity index (χ1) is 10.7. The van der Waals surface area contributed by atoms with E-state index >= 15 is 0 Å². The summed E-state index contributed by atoms with van der Waals surface area (Å²) in [7, 11) is 1.89. The van der Waals surface area contributed by atoms with Crippen molar-refractivity contribution in [2.75, 3.05) is 18.9 Å². The maximum Gasteiger partial charge on any atom is 0.226 e. The predicted octanol–water partition coefficient (Wildman–Crippen LogP) is 3.23. The summed E-state index contributed by atoms with van der Waals surface area (Å²) in [6, 6.07) is 3.71. The molecule has 0 spiro atoms. The van der Waals surface area contributed by atoms with Crippen LogP contribution in [-0.2, 0) is 13.0 Å². The molecule has 22 heavy (non-hydrogen) atoms. The van der Waals surface area contributed by atoms with E-state index in [-0.39, 0.29) is 5.28 Å². The number of nitrogens with one attached hydrogen (secondary N) is 3. The molecular formula is C14H15Cl2N5O. The number of rotatable bonds is 6. The molecule has 0 saturated carbocycles. The minimum absolute atomic E-state index is 0.160. The molecule has 0 radical (unpaired) electrons. The van der Waals surface area contributed by atoms with Crippen molar-refractivity contribution in [2.24, 2.45) is 0 Å². The maximum absolute atomic E-state index is 6.47. The second-order valence-corrected chi connectivity index (χ2v) is 5.48. The molecular weight excluding hydrogens is 325 g/mol. The molecule has 3 rings (SSSR count). The van der Waals surface area contributed by atoms with Crippen LogP contribution in [0.5, 0.6) is 0 Å². The Bertz CT molecular complexity index is 769. The minimum atomic E-state index is 0.160. The lowest BCUT2D eigenvalue weighted by atomic mass is 10.2. The Labute approximate surface area is 137 Å².